The highest BCUT2D eigenvalue weighted by Gasteiger charge is 2.58. The fourth-order valence-electron chi connectivity index (χ4n) is 3.91. The van der Waals surface area contributed by atoms with Crippen LogP contribution in [0.15, 0.2) is 42.5 Å². The van der Waals surface area contributed by atoms with Crippen LogP contribution in [-0.2, 0) is 9.59 Å². The molecule has 2 fully saturated rings. The highest BCUT2D eigenvalue weighted by Crippen LogP contribution is 2.48. The van der Waals surface area contributed by atoms with Crippen molar-refractivity contribution in [1.82, 2.24) is 4.90 Å². The number of anilines is 2. The van der Waals surface area contributed by atoms with Crippen LogP contribution in [0, 0.1) is 25.1 Å². The maximum atomic E-state index is 13.2. The second-order valence-corrected chi connectivity index (χ2v) is 8.04. The minimum Gasteiger partial charge on any atom is -0.368 e. The van der Waals surface area contributed by atoms with E-state index in [0.717, 1.165) is 22.5 Å². The Morgan fingerprint density at radius 3 is 2.24 bits per heavy atom. The minimum atomic E-state index is -0.922. The van der Waals surface area contributed by atoms with Crippen LogP contribution in [0.4, 0.5) is 15.8 Å². The molecule has 2 aromatic carbocycles. The summed E-state index contributed by atoms with van der Waals surface area (Å²) in [7, 11) is 0. The molecule has 1 saturated heterocycles. The summed E-state index contributed by atoms with van der Waals surface area (Å²) in [5.74, 6) is -0.524. The molecule has 0 spiro atoms. The molecule has 152 valence electrons. The summed E-state index contributed by atoms with van der Waals surface area (Å²) >= 11 is 0. The Morgan fingerprint density at radius 1 is 0.966 bits per heavy atom. The van der Waals surface area contributed by atoms with Crippen molar-refractivity contribution in [2.45, 2.75) is 26.7 Å². The molecule has 1 saturated carbocycles. The number of amides is 2. The number of rotatable bonds is 4. The summed E-state index contributed by atoms with van der Waals surface area (Å²) in [4.78, 5) is 30.0. The average Bonchev–Trinajstić information content (AvgIpc) is 3.54. The molecule has 1 aliphatic heterocycles. The molecule has 0 atom stereocenters. The van der Waals surface area contributed by atoms with Crippen LogP contribution in [0.5, 0.6) is 0 Å². The van der Waals surface area contributed by atoms with Gasteiger partial charge in [0.15, 0.2) is 0 Å². The van der Waals surface area contributed by atoms with Crippen LogP contribution in [0.25, 0.3) is 0 Å². The third-order valence-corrected chi connectivity index (χ3v) is 6.21. The first kappa shape index (κ1) is 19.4. The summed E-state index contributed by atoms with van der Waals surface area (Å²) in [6.07, 6.45) is 1.20. The molecule has 0 bridgehead atoms. The Balaban J connectivity index is 1.40. The van der Waals surface area contributed by atoms with Crippen molar-refractivity contribution in [2.24, 2.45) is 5.41 Å². The van der Waals surface area contributed by atoms with Crippen LogP contribution in [0.1, 0.15) is 24.0 Å². The number of nitrogens with one attached hydrogen (secondary N) is 1. The number of piperazine rings is 1. The lowest BCUT2D eigenvalue weighted by Crippen LogP contribution is -2.52. The summed E-state index contributed by atoms with van der Waals surface area (Å²) in [5, 5.41) is 2.98. The van der Waals surface area contributed by atoms with Gasteiger partial charge in [-0.05, 0) is 68.1 Å². The van der Waals surface area contributed by atoms with E-state index in [0.29, 0.717) is 39.0 Å². The lowest BCUT2D eigenvalue weighted by molar-refractivity contribution is -0.142. The second-order valence-electron chi connectivity index (χ2n) is 8.04. The van der Waals surface area contributed by atoms with Gasteiger partial charge in [-0.3, -0.25) is 9.59 Å². The molecule has 2 aliphatic rings. The van der Waals surface area contributed by atoms with Gasteiger partial charge >= 0.3 is 0 Å². The largest absolute Gasteiger partial charge is 0.368 e. The van der Waals surface area contributed by atoms with Gasteiger partial charge in [0.2, 0.25) is 11.8 Å². The standard InChI is InChI=1S/C23H26FN3O2/c1-16-4-3-5-20(17(16)2)25-21(28)23(10-11-23)22(29)27-14-12-26(13-15-27)19-8-6-18(24)7-9-19/h3-9H,10-15H2,1-2H3,(H,25,28). The number of hydrogen-bond donors (Lipinski definition) is 1. The van der Waals surface area contributed by atoms with Crippen molar-refractivity contribution in [2.75, 3.05) is 36.4 Å². The van der Waals surface area contributed by atoms with Gasteiger partial charge in [-0.1, -0.05) is 12.1 Å². The van der Waals surface area contributed by atoms with E-state index >= 15 is 0 Å². The molecule has 2 aromatic rings. The summed E-state index contributed by atoms with van der Waals surface area (Å²) in [6, 6.07) is 12.2. The Morgan fingerprint density at radius 2 is 1.62 bits per heavy atom. The number of nitrogens with zero attached hydrogens (tertiary/aromatic N) is 2. The zero-order valence-electron chi connectivity index (χ0n) is 16.9. The molecule has 1 aliphatic carbocycles. The first-order valence-electron chi connectivity index (χ1n) is 10.1. The molecule has 29 heavy (non-hydrogen) atoms. The molecule has 5 nitrogen and oxygen atoms in total. The lowest BCUT2D eigenvalue weighted by Gasteiger charge is -2.37. The highest BCUT2D eigenvalue weighted by molar-refractivity contribution is 6.13. The van der Waals surface area contributed by atoms with Crippen molar-refractivity contribution in [3.05, 3.63) is 59.4 Å². The van der Waals surface area contributed by atoms with Crippen LogP contribution in [-0.4, -0.2) is 42.9 Å². The molecule has 0 unspecified atom stereocenters. The number of halogens is 1. The van der Waals surface area contributed by atoms with Crippen LogP contribution < -0.4 is 10.2 Å². The maximum absolute atomic E-state index is 13.2. The van der Waals surface area contributed by atoms with E-state index in [4.69, 9.17) is 0 Å². The molecule has 0 radical (unpaired) electrons. The minimum absolute atomic E-state index is 0.0703. The summed E-state index contributed by atoms with van der Waals surface area (Å²) in [6.45, 7) is 6.45. The SMILES string of the molecule is Cc1cccc(NC(=O)C2(C(=O)N3CCN(c4ccc(F)cc4)CC3)CC2)c1C. The number of carbonyl (C=O) groups is 2. The average molecular weight is 395 g/mol. The molecule has 6 heteroatoms. The van der Waals surface area contributed by atoms with Crippen molar-refractivity contribution in [3.63, 3.8) is 0 Å². The van der Waals surface area contributed by atoms with E-state index in [1.54, 1.807) is 17.0 Å². The fraction of sp³-hybridized carbons (Fsp3) is 0.391. The van der Waals surface area contributed by atoms with E-state index in [9.17, 15) is 14.0 Å². The van der Waals surface area contributed by atoms with Crippen LogP contribution >= 0.6 is 0 Å². The van der Waals surface area contributed by atoms with Crippen molar-refractivity contribution < 1.29 is 14.0 Å². The quantitative estimate of drug-likeness (QED) is 0.806. The first-order chi connectivity index (χ1) is 13.9. The van der Waals surface area contributed by atoms with Gasteiger partial charge in [0.1, 0.15) is 11.2 Å². The number of carbonyl (C=O) groups excluding carboxylic acids is 2. The summed E-state index contributed by atoms with van der Waals surface area (Å²) in [5.41, 5.74) is 2.93. The smallest absolute Gasteiger partial charge is 0.240 e. The van der Waals surface area contributed by atoms with Gasteiger partial charge < -0.3 is 15.1 Å². The summed E-state index contributed by atoms with van der Waals surface area (Å²) < 4.78 is 13.1. The van der Waals surface area contributed by atoms with E-state index in [1.165, 1.54) is 12.1 Å². The van der Waals surface area contributed by atoms with E-state index in [1.807, 2.05) is 32.0 Å². The van der Waals surface area contributed by atoms with Crippen molar-refractivity contribution in [1.29, 1.82) is 0 Å². The molecular formula is C23H26FN3O2. The van der Waals surface area contributed by atoms with E-state index in [-0.39, 0.29) is 17.6 Å². The Kier molecular flexibility index (Phi) is 5.03. The molecular weight excluding hydrogens is 369 g/mol. The maximum Gasteiger partial charge on any atom is 0.240 e. The lowest BCUT2D eigenvalue weighted by atomic mass is 10.0. The molecule has 1 N–H and O–H groups in total. The Bertz CT molecular complexity index is 930. The first-order valence-corrected chi connectivity index (χ1v) is 10.1. The number of aryl methyl sites for hydroxylation is 1. The number of benzene rings is 2. The van der Waals surface area contributed by atoms with Gasteiger partial charge in [0.25, 0.3) is 0 Å². The van der Waals surface area contributed by atoms with E-state index < -0.39 is 5.41 Å². The van der Waals surface area contributed by atoms with Gasteiger partial charge in [-0.25, -0.2) is 4.39 Å². The predicted octanol–water partition coefficient (Wildman–Crippen LogP) is 3.51. The number of hydrogen-bond acceptors (Lipinski definition) is 3. The van der Waals surface area contributed by atoms with Crippen LogP contribution in [0.3, 0.4) is 0 Å². The zero-order chi connectivity index (χ0) is 20.6. The fourth-order valence-corrected chi connectivity index (χ4v) is 3.91. The molecule has 2 amide bonds. The third kappa shape index (κ3) is 3.71. The van der Waals surface area contributed by atoms with Crippen molar-refractivity contribution >= 4 is 23.2 Å². The van der Waals surface area contributed by atoms with Gasteiger partial charge in [-0.2, -0.15) is 0 Å². The predicted molar refractivity (Wildman–Crippen MR) is 111 cm³/mol. The van der Waals surface area contributed by atoms with Crippen molar-refractivity contribution in [3.8, 4) is 0 Å². The molecule has 1 heterocycles. The topological polar surface area (TPSA) is 52.7 Å². The van der Waals surface area contributed by atoms with Gasteiger partial charge in [0, 0.05) is 37.6 Å². The normalized spacial score (nSPS) is 17.8. The van der Waals surface area contributed by atoms with Gasteiger partial charge in [-0.15, -0.1) is 0 Å². The van der Waals surface area contributed by atoms with Gasteiger partial charge in [0.05, 0.1) is 0 Å². The monoisotopic (exact) mass is 395 g/mol. The highest BCUT2D eigenvalue weighted by atomic mass is 19.1. The molecule has 0 aromatic heterocycles. The Labute approximate surface area is 170 Å². The molecule has 4 rings (SSSR count). The zero-order valence-corrected chi connectivity index (χ0v) is 16.9. The Hall–Kier alpha value is -2.89. The second kappa shape index (κ2) is 7.50. The van der Waals surface area contributed by atoms with Crippen LogP contribution in [0.2, 0.25) is 0 Å². The van der Waals surface area contributed by atoms with E-state index in [2.05, 4.69) is 10.2 Å². The third-order valence-electron chi connectivity index (χ3n) is 6.21.